The largest absolute Gasteiger partial charge is 0.394 e. The van der Waals surface area contributed by atoms with Crippen LogP contribution >= 0.6 is 11.3 Å². The molecule has 0 spiro atoms. The molecular weight excluding hydrogens is 196 g/mol. The third-order valence-corrected chi connectivity index (χ3v) is 2.68. The first kappa shape index (κ1) is 9.02. The predicted molar refractivity (Wildman–Crippen MR) is 58.5 cm³/mol. The molecule has 0 aliphatic rings. The number of nitrogens with zero attached hydrogens (tertiary/aromatic N) is 1. The van der Waals surface area contributed by atoms with Crippen molar-refractivity contribution in [3.63, 3.8) is 0 Å². The van der Waals surface area contributed by atoms with Crippen LogP contribution in [0.4, 0.5) is 5.69 Å². The summed E-state index contributed by atoms with van der Waals surface area (Å²) < 4.78 is 1.90. The number of hydrogen-bond donors (Lipinski definition) is 1. The van der Waals surface area contributed by atoms with Crippen LogP contribution in [0.5, 0.6) is 0 Å². The first-order valence-corrected chi connectivity index (χ1v) is 5.16. The van der Waals surface area contributed by atoms with Crippen molar-refractivity contribution in [2.45, 2.75) is 6.54 Å². The normalized spacial score (nSPS) is 10.3. The van der Waals surface area contributed by atoms with Crippen molar-refractivity contribution < 1.29 is 0 Å². The average Bonchev–Trinajstić information content (AvgIpc) is 2.64. The zero-order valence-electron chi connectivity index (χ0n) is 7.51. The Hall–Kier alpha value is -1.55. The van der Waals surface area contributed by atoms with Crippen LogP contribution in [0.25, 0.3) is 0 Å². The molecule has 3 nitrogen and oxygen atoms in total. The highest BCUT2D eigenvalue weighted by molar-refractivity contribution is 7.07. The Balaban J connectivity index is 2.26. The van der Waals surface area contributed by atoms with Crippen LogP contribution in [0.2, 0.25) is 0 Å². The minimum absolute atomic E-state index is 0.119. The summed E-state index contributed by atoms with van der Waals surface area (Å²) in [4.78, 5) is 11.0. The Morgan fingerprint density at radius 3 is 2.93 bits per heavy atom. The van der Waals surface area contributed by atoms with Crippen LogP contribution in [0, 0.1) is 0 Å². The summed E-state index contributed by atoms with van der Waals surface area (Å²) in [7, 11) is 0. The van der Waals surface area contributed by atoms with Crippen LogP contribution < -0.4 is 11.2 Å². The smallest absolute Gasteiger partial charge is 0.204 e. The summed E-state index contributed by atoms with van der Waals surface area (Å²) >= 11 is 1.66. The summed E-state index contributed by atoms with van der Waals surface area (Å²) in [5, 5.41) is 4.11. The Labute approximate surface area is 85.4 Å². The lowest BCUT2D eigenvalue weighted by molar-refractivity contribution is 0.794. The number of aromatic nitrogens is 1. The van der Waals surface area contributed by atoms with E-state index in [1.54, 1.807) is 23.7 Å². The van der Waals surface area contributed by atoms with E-state index >= 15 is 0 Å². The lowest BCUT2D eigenvalue weighted by Crippen LogP contribution is -2.10. The molecule has 2 heterocycles. The number of hydrogen-bond acceptors (Lipinski definition) is 3. The van der Waals surface area contributed by atoms with Crippen molar-refractivity contribution >= 4 is 17.0 Å². The summed E-state index contributed by atoms with van der Waals surface area (Å²) in [5.41, 5.74) is 6.91. The highest BCUT2D eigenvalue weighted by Crippen LogP contribution is 2.08. The maximum atomic E-state index is 11.0. The zero-order chi connectivity index (χ0) is 9.97. The molecule has 0 atom stereocenters. The third-order valence-electron chi connectivity index (χ3n) is 1.95. The quantitative estimate of drug-likeness (QED) is 0.810. The van der Waals surface area contributed by atoms with Gasteiger partial charge in [-0.15, -0.1) is 0 Å². The van der Waals surface area contributed by atoms with Gasteiger partial charge in [-0.25, -0.2) is 0 Å². The molecule has 0 saturated carbocycles. The molecule has 2 aromatic rings. The maximum absolute atomic E-state index is 11.0. The second-order valence-corrected chi connectivity index (χ2v) is 3.85. The van der Waals surface area contributed by atoms with Gasteiger partial charge in [0, 0.05) is 25.0 Å². The molecule has 72 valence electrons. The Morgan fingerprint density at radius 2 is 2.29 bits per heavy atom. The van der Waals surface area contributed by atoms with Crippen molar-refractivity contribution in [2.24, 2.45) is 0 Å². The van der Waals surface area contributed by atoms with Gasteiger partial charge in [0.1, 0.15) is 0 Å². The lowest BCUT2D eigenvalue weighted by Gasteiger charge is -2.04. The molecule has 0 aliphatic heterocycles. The van der Waals surface area contributed by atoms with Crippen LogP contribution in [0.3, 0.4) is 0 Å². The van der Waals surface area contributed by atoms with Crippen molar-refractivity contribution in [1.29, 1.82) is 0 Å². The number of anilines is 1. The monoisotopic (exact) mass is 206 g/mol. The van der Waals surface area contributed by atoms with E-state index < -0.39 is 0 Å². The van der Waals surface area contributed by atoms with E-state index in [1.807, 2.05) is 9.95 Å². The molecule has 0 aromatic carbocycles. The van der Waals surface area contributed by atoms with E-state index in [0.29, 0.717) is 5.69 Å². The van der Waals surface area contributed by atoms with E-state index in [0.717, 1.165) is 6.54 Å². The second kappa shape index (κ2) is 3.67. The van der Waals surface area contributed by atoms with Gasteiger partial charge in [-0.05, 0) is 22.4 Å². The van der Waals surface area contributed by atoms with Crippen molar-refractivity contribution in [2.75, 3.05) is 5.73 Å². The van der Waals surface area contributed by atoms with Gasteiger partial charge in [0.15, 0.2) is 0 Å². The average molecular weight is 206 g/mol. The number of nitrogens with two attached hydrogens (primary N) is 1. The summed E-state index contributed by atoms with van der Waals surface area (Å²) in [6.07, 6.45) is 3.41. The van der Waals surface area contributed by atoms with Crippen molar-refractivity contribution in [3.05, 3.63) is 51.1 Å². The first-order valence-electron chi connectivity index (χ1n) is 4.22. The first-order chi connectivity index (χ1) is 6.75. The summed E-state index contributed by atoms with van der Waals surface area (Å²) in [6, 6.07) is 3.54. The van der Waals surface area contributed by atoms with Crippen LogP contribution in [0.15, 0.2) is 40.1 Å². The number of nitrogen functional groups attached to an aromatic ring is 1. The summed E-state index contributed by atoms with van der Waals surface area (Å²) in [6.45, 7) is 0.758. The molecule has 2 rings (SSSR count). The third kappa shape index (κ3) is 1.85. The van der Waals surface area contributed by atoms with E-state index in [-0.39, 0.29) is 5.43 Å². The highest BCUT2D eigenvalue weighted by Gasteiger charge is 1.96. The van der Waals surface area contributed by atoms with Crippen LogP contribution in [-0.2, 0) is 6.54 Å². The standard InChI is InChI=1S/C10H10N2OS/c11-9-6-12(3-1-10(9)13)5-8-2-4-14-7-8/h1-4,6-7H,5,11H2. The molecule has 0 radical (unpaired) electrons. The van der Waals surface area contributed by atoms with E-state index in [1.165, 1.54) is 11.6 Å². The molecule has 0 bridgehead atoms. The van der Waals surface area contributed by atoms with Gasteiger partial charge >= 0.3 is 0 Å². The molecule has 4 heteroatoms. The van der Waals surface area contributed by atoms with Gasteiger partial charge in [-0.2, -0.15) is 11.3 Å². The van der Waals surface area contributed by atoms with Gasteiger partial charge in [0.2, 0.25) is 5.43 Å². The van der Waals surface area contributed by atoms with E-state index in [4.69, 9.17) is 5.73 Å². The van der Waals surface area contributed by atoms with Crippen LogP contribution in [0.1, 0.15) is 5.56 Å². The SMILES string of the molecule is Nc1cn(Cc2ccsc2)ccc1=O. The molecular formula is C10H10N2OS. The minimum atomic E-state index is -0.119. The Bertz CT molecular complexity index is 473. The molecule has 0 unspecified atom stereocenters. The van der Waals surface area contributed by atoms with Crippen molar-refractivity contribution in [1.82, 2.24) is 4.57 Å². The van der Waals surface area contributed by atoms with E-state index in [9.17, 15) is 4.79 Å². The fourth-order valence-electron chi connectivity index (χ4n) is 1.24. The molecule has 0 fully saturated rings. The van der Waals surface area contributed by atoms with Crippen molar-refractivity contribution in [3.8, 4) is 0 Å². The summed E-state index contributed by atoms with van der Waals surface area (Å²) in [5.74, 6) is 0. The van der Waals surface area contributed by atoms with Gasteiger partial charge in [-0.3, -0.25) is 4.79 Å². The molecule has 0 aliphatic carbocycles. The predicted octanol–water partition coefficient (Wildman–Crippen LogP) is 1.54. The van der Waals surface area contributed by atoms with Gasteiger partial charge in [0.25, 0.3) is 0 Å². The molecule has 0 amide bonds. The number of pyridine rings is 1. The maximum Gasteiger partial charge on any atom is 0.204 e. The minimum Gasteiger partial charge on any atom is -0.394 e. The van der Waals surface area contributed by atoms with Crippen LogP contribution in [-0.4, -0.2) is 4.57 Å². The number of rotatable bonds is 2. The topological polar surface area (TPSA) is 48.0 Å². The second-order valence-electron chi connectivity index (χ2n) is 3.07. The Morgan fingerprint density at radius 1 is 1.43 bits per heavy atom. The van der Waals surface area contributed by atoms with Gasteiger partial charge in [-0.1, -0.05) is 0 Å². The van der Waals surface area contributed by atoms with Gasteiger partial charge < -0.3 is 10.3 Å². The highest BCUT2D eigenvalue weighted by atomic mass is 32.1. The van der Waals surface area contributed by atoms with Gasteiger partial charge in [0.05, 0.1) is 5.69 Å². The number of thiophene rings is 1. The zero-order valence-corrected chi connectivity index (χ0v) is 8.33. The fraction of sp³-hybridized carbons (Fsp3) is 0.100. The molecule has 2 N–H and O–H groups in total. The lowest BCUT2D eigenvalue weighted by atomic mass is 10.3. The molecule has 0 saturated heterocycles. The molecule has 2 aromatic heterocycles. The fourth-order valence-corrected chi connectivity index (χ4v) is 1.90. The Kier molecular flexibility index (Phi) is 2.37. The molecule has 14 heavy (non-hydrogen) atoms. The van der Waals surface area contributed by atoms with E-state index in [2.05, 4.69) is 11.4 Å².